The van der Waals surface area contributed by atoms with Gasteiger partial charge in [0, 0.05) is 24.9 Å². The van der Waals surface area contributed by atoms with Gasteiger partial charge in [0.15, 0.2) is 5.82 Å². The highest BCUT2D eigenvalue weighted by molar-refractivity contribution is 9.10. The maximum absolute atomic E-state index is 15.1. The van der Waals surface area contributed by atoms with Gasteiger partial charge in [0.25, 0.3) is 5.92 Å². The van der Waals surface area contributed by atoms with Crippen LogP contribution in [0.5, 0.6) is 6.01 Å². The van der Waals surface area contributed by atoms with Gasteiger partial charge in [-0.2, -0.15) is 9.97 Å². The van der Waals surface area contributed by atoms with Crippen LogP contribution in [0, 0.1) is 17.0 Å². The first-order valence-corrected chi connectivity index (χ1v) is 13.1. The van der Waals surface area contributed by atoms with Gasteiger partial charge in [0.1, 0.15) is 23.8 Å². The second-order valence-corrected chi connectivity index (χ2v) is 10.8. The molecular weight excluding hydrogens is 564 g/mol. The highest BCUT2D eigenvalue weighted by atomic mass is 79.9. The number of benzene rings is 1. The molecule has 0 radical (unpaired) electrons. The second-order valence-electron chi connectivity index (χ2n) is 9.99. The fraction of sp³-hybridized carbons (Fsp3) is 0.625. The highest BCUT2D eigenvalue weighted by Crippen LogP contribution is 2.60. The molecule has 2 bridgehead atoms. The molecule has 202 valence electrons. The molecule has 13 heteroatoms. The summed E-state index contributed by atoms with van der Waals surface area (Å²) in [5.74, 6) is -4.72. The number of ether oxygens (including phenoxy) is 2. The molecule has 1 amide bonds. The Morgan fingerprint density at radius 3 is 2.51 bits per heavy atom. The molecule has 1 aromatic heterocycles. The van der Waals surface area contributed by atoms with Crippen LogP contribution in [-0.4, -0.2) is 77.0 Å². The molecule has 37 heavy (non-hydrogen) atoms. The van der Waals surface area contributed by atoms with Crippen LogP contribution in [-0.2, 0) is 4.74 Å². The molecule has 2 saturated heterocycles. The zero-order chi connectivity index (χ0) is 26.5. The van der Waals surface area contributed by atoms with Gasteiger partial charge in [0.2, 0.25) is 0 Å². The summed E-state index contributed by atoms with van der Waals surface area (Å²) in [4.78, 5) is 24.6. The van der Waals surface area contributed by atoms with Crippen molar-refractivity contribution in [2.45, 2.75) is 57.0 Å². The lowest BCUT2D eigenvalue weighted by atomic mass is 10.1. The monoisotopic (exact) mass is 590 g/mol. The van der Waals surface area contributed by atoms with Crippen molar-refractivity contribution in [2.75, 3.05) is 37.8 Å². The lowest BCUT2D eigenvalue weighted by molar-refractivity contribution is 0.0126. The zero-order valence-corrected chi connectivity index (χ0v) is 21.7. The number of rotatable bonds is 8. The van der Waals surface area contributed by atoms with Crippen LogP contribution >= 0.6 is 15.9 Å². The van der Waals surface area contributed by atoms with Crippen LogP contribution in [0.4, 0.5) is 28.2 Å². The van der Waals surface area contributed by atoms with E-state index in [4.69, 9.17) is 9.47 Å². The molecule has 1 aromatic carbocycles. The first-order valence-electron chi connectivity index (χ1n) is 12.3. The third-order valence-electron chi connectivity index (χ3n) is 7.49. The van der Waals surface area contributed by atoms with Gasteiger partial charge in [-0.1, -0.05) is 13.3 Å². The van der Waals surface area contributed by atoms with Gasteiger partial charge in [-0.15, -0.1) is 0 Å². The van der Waals surface area contributed by atoms with Crippen molar-refractivity contribution >= 4 is 38.7 Å². The molecular formula is C24H27BrF4N4O4. The number of fused-ring (bicyclic) bond motifs is 3. The van der Waals surface area contributed by atoms with Crippen molar-refractivity contribution in [2.24, 2.45) is 5.41 Å². The molecule has 3 fully saturated rings. The van der Waals surface area contributed by atoms with Gasteiger partial charge >= 0.3 is 12.1 Å². The smallest absolute Gasteiger partial charge is 0.410 e. The first-order chi connectivity index (χ1) is 17.6. The average Bonchev–Trinajstić information content (AvgIpc) is 3.33. The summed E-state index contributed by atoms with van der Waals surface area (Å²) in [5.41, 5.74) is -1.97. The number of hydrogen-bond donors (Lipinski definition) is 1. The molecule has 1 N–H and O–H groups in total. The fourth-order valence-corrected chi connectivity index (χ4v) is 5.45. The number of halogens is 5. The van der Waals surface area contributed by atoms with E-state index in [2.05, 4.69) is 25.9 Å². The van der Waals surface area contributed by atoms with Crippen LogP contribution in [0.1, 0.15) is 39.0 Å². The van der Waals surface area contributed by atoms with Crippen LogP contribution < -0.4 is 9.64 Å². The fourth-order valence-electron chi connectivity index (χ4n) is 5.15. The minimum atomic E-state index is -3.08. The quantitative estimate of drug-likeness (QED) is 0.272. The maximum atomic E-state index is 15.1. The summed E-state index contributed by atoms with van der Waals surface area (Å²) >= 11 is 2.88. The Labute approximate surface area is 219 Å². The van der Waals surface area contributed by atoms with E-state index in [0.717, 1.165) is 31.7 Å². The van der Waals surface area contributed by atoms with Crippen LogP contribution in [0.15, 0.2) is 10.5 Å². The Morgan fingerprint density at radius 1 is 1.24 bits per heavy atom. The van der Waals surface area contributed by atoms with Crippen molar-refractivity contribution in [1.29, 1.82) is 0 Å². The molecule has 8 nitrogen and oxygen atoms in total. The summed E-state index contributed by atoms with van der Waals surface area (Å²) in [7, 11) is 0. The topological polar surface area (TPSA) is 88.0 Å². The summed E-state index contributed by atoms with van der Waals surface area (Å²) in [6.45, 7) is 1.67. The van der Waals surface area contributed by atoms with Crippen molar-refractivity contribution in [3.05, 3.63) is 22.2 Å². The van der Waals surface area contributed by atoms with E-state index in [-0.39, 0.29) is 40.9 Å². The van der Waals surface area contributed by atoms with Crippen molar-refractivity contribution in [1.82, 2.24) is 14.9 Å². The van der Waals surface area contributed by atoms with Gasteiger partial charge < -0.3 is 19.5 Å². The predicted octanol–water partition coefficient (Wildman–Crippen LogP) is 4.66. The summed E-state index contributed by atoms with van der Waals surface area (Å²) in [6, 6.07) is 0.383. The van der Waals surface area contributed by atoms with Crippen LogP contribution in [0.25, 0.3) is 10.9 Å². The Kier molecular flexibility index (Phi) is 6.88. The van der Waals surface area contributed by atoms with E-state index < -0.39 is 47.1 Å². The van der Waals surface area contributed by atoms with E-state index in [1.165, 1.54) is 0 Å². The van der Waals surface area contributed by atoms with Crippen molar-refractivity contribution < 1.29 is 36.9 Å². The first kappa shape index (κ1) is 26.2. The lowest BCUT2D eigenvalue weighted by Crippen LogP contribution is -2.56. The molecule has 3 aliphatic rings. The molecule has 3 atom stereocenters. The second kappa shape index (κ2) is 9.72. The van der Waals surface area contributed by atoms with E-state index in [1.54, 1.807) is 4.90 Å². The number of carbonyl (C=O) groups is 1. The number of alkyl halides is 2. The largest absolute Gasteiger partial charge is 0.462 e. The zero-order valence-electron chi connectivity index (χ0n) is 20.2. The number of aromatic nitrogens is 2. The summed E-state index contributed by atoms with van der Waals surface area (Å²) in [6.07, 6.45) is 2.23. The Morgan fingerprint density at radius 2 is 1.92 bits per heavy atom. The highest BCUT2D eigenvalue weighted by Gasteiger charge is 2.71. The van der Waals surface area contributed by atoms with Crippen LogP contribution in [0.2, 0.25) is 0 Å². The number of carbonyl (C=O) groups excluding carboxylic acids is 1. The molecule has 5 rings (SSSR count). The van der Waals surface area contributed by atoms with E-state index in [1.807, 2.05) is 11.8 Å². The number of nitrogens with zero attached hydrogens (tertiary/aromatic N) is 4. The van der Waals surface area contributed by atoms with Gasteiger partial charge in [0.05, 0.1) is 35.2 Å². The van der Waals surface area contributed by atoms with E-state index in [9.17, 15) is 23.1 Å². The van der Waals surface area contributed by atoms with Crippen molar-refractivity contribution in [3.63, 3.8) is 0 Å². The summed E-state index contributed by atoms with van der Waals surface area (Å²) < 4.78 is 67.6. The maximum Gasteiger partial charge on any atom is 0.410 e. The molecule has 2 aromatic rings. The number of hydrogen-bond acceptors (Lipinski definition) is 7. The number of piperazine rings is 1. The Bertz CT molecular complexity index is 1210. The third kappa shape index (κ3) is 4.58. The lowest BCUT2D eigenvalue weighted by Gasteiger charge is -2.41. The standard InChI is InChI=1S/C24H27BrF4N4O4/c1-2-3-6-36-22(35)33-13-4-5-14(33)9-32(8-13)20-15-7-16(26)17(25)18(27)19(15)30-21(31-20)37-12-23(11-34)10-24(23,28)29/h7,13-14,34H,2-6,8-12H2,1H3. The van der Waals surface area contributed by atoms with Crippen LogP contribution in [0.3, 0.4) is 0 Å². The SMILES string of the molecule is CCCCOC(=O)N1C2CCC1CN(c1nc(OCC3(CO)CC3(F)F)nc3c(F)c(Br)c(F)cc13)C2. The number of amides is 1. The number of anilines is 1. The molecule has 1 saturated carbocycles. The van der Waals surface area contributed by atoms with Gasteiger partial charge in [-0.05, 0) is 41.3 Å². The summed E-state index contributed by atoms with van der Waals surface area (Å²) in [5, 5.41) is 9.55. The predicted molar refractivity (Wildman–Crippen MR) is 129 cm³/mol. The molecule has 3 heterocycles. The molecule has 2 aliphatic heterocycles. The van der Waals surface area contributed by atoms with E-state index >= 15 is 4.39 Å². The average molecular weight is 591 g/mol. The molecule has 0 spiro atoms. The Balaban J connectivity index is 1.45. The van der Waals surface area contributed by atoms with Gasteiger partial charge in [-0.25, -0.2) is 22.4 Å². The van der Waals surface area contributed by atoms with Gasteiger partial charge in [-0.3, -0.25) is 4.90 Å². The number of unbranched alkanes of at least 4 members (excludes halogenated alkanes) is 1. The Hall–Kier alpha value is -2.41. The number of aliphatic hydroxyl groups is 1. The van der Waals surface area contributed by atoms with Crippen molar-refractivity contribution in [3.8, 4) is 6.01 Å². The van der Waals surface area contributed by atoms with E-state index in [0.29, 0.717) is 19.7 Å². The molecule has 3 unspecified atom stereocenters. The third-order valence-corrected chi connectivity index (χ3v) is 8.22. The minimum Gasteiger partial charge on any atom is -0.462 e. The number of aliphatic hydroxyl groups excluding tert-OH is 1. The minimum absolute atomic E-state index is 0.0949. The normalized spacial score (nSPS) is 26.0. The molecule has 1 aliphatic carbocycles.